The third-order valence-electron chi connectivity index (χ3n) is 2.86. The van der Waals surface area contributed by atoms with Crippen LogP contribution in [0.15, 0.2) is 24.5 Å². The number of rotatable bonds is 6. The minimum Gasteiger partial charge on any atom is -0.480 e. The Bertz CT molecular complexity index is 448. The molecule has 0 spiro atoms. The molecule has 1 aromatic heterocycles. The molecule has 1 rings (SSSR count). The van der Waals surface area contributed by atoms with E-state index in [2.05, 4.69) is 15.6 Å². The summed E-state index contributed by atoms with van der Waals surface area (Å²) in [6.07, 6.45) is 3.68. The number of carbonyl (C=O) groups excluding carboxylic acids is 1. The maximum absolute atomic E-state index is 11.8. The van der Waals surface area contributed by atoms with Gasteiger partial charge in [-0.05, 0) is 37.0 Å². The molecule has 0 aliphatic carbocycles. The number of carboxylic acid groups (broad SMARTS) is 1. The monoisotopic (exact) mass is 279 g/mol. The summed E-state index contributed by atoms with van der Waals surface area (Å²) in [5, 5.41) is 14.3. The molecule has 0 saturated carbocycles. The largest absolute Gasteiger partial charge is 0.480 e. The number of amides is 2. The fourth-order valence-electron chi connectivity index (χ4n) is 1.82. The molecule has 20 heavy (non-hydrogen) atoms. The lowest BCUT2D eigenvalue weighted by Crippen LogP contribution is -2.47. The highest BCUT2D eigenvalue weighted by atomic mass is 16.4. The van der Waals surface area contributed by atoms with E-state index in [1.165, 1.54) is 0 Å². The van der Waals surface area contributed by atoms with E-state index >= 15 is 0 Å². The van der Waals surface area contributed by atoms with Crippen LogP contribution in [0.2, 0.25) is 0 Å². The molecular formula is C14H21N3O3. The van der Waals surface area contributed by atoms with E-state index in [1.54, 1.807) is 24.5 Å². The van der Waals surface area contributed by atoms with Gasteiger partial charge in [0.15, 0.2) is 0 Å². The number of carbonyl (C=O) groups is 2. The Balaban J connectivity index is 2.55. The average molecular weight is 279 g/mol. The van der Waals surface area contributed by atoms with Crippen LogP contribution in [0, 0.1) is 5.92 Å². The van der Waals surface area contributed by atoms with Gasteiger partial charge < -0.3 is 15.7 Å². The van der Waals surface area contributed by atoms with E-state index in [1.807, 2.05) is 20.8 Å². The highest BCUT2D eigenvalue weighted by Gasteiger charge is 2.21. The molecule has 0 aliphatic rings. The predicted octanol–water partition coefficient (Wildman–Crippen LogP) is 1.94. The van der Waals surface area contributed by atoms with Crippen LogP contribution in [-0.4, -0.2) is 28.1 Å². The minimum absolute atomic E-state index is 0.189. The van der Waals surface area contributed by atoms with Crippen molar-refractivity contribution in [3.8, 4) is 0 Å². The highest BCUT2D eigenvalue weighted by Crippen LogP contribution is 2.10. The Labute approximate surface area is 118 Å². The zero-order chi connectivity index (χ0) is 15.1. The van der Waals surface area contributed by atoms with Gasteiger partial charge in [-0.25, -0.2) is 9.59 Å². The molecule has 2 atom stereocenters. The number of nitrogens with zero attached hydrogens (tertiary/aromatic N) is 1. The second kappa shape index (κ2) is 7.47. The van der Waals surface area contributed by atoms with Crippen LogP contribution in [0.25, 0.3) is 0 Å². The molecule has 1 aromatic rings. The van der Waals surface area contributed by atoms with Gasteiger partial charge >= 0.3 is 12.0 Å². The first-order valence-electron chi connectivity index (χ1n) is 6.60. The van der Waals surface area contributed by atoms with E-state index < -0.39 is 18.0 Å². The van der Waals surface area contributed by atoms with Crippen molar-refractivity contribution < 1.29 is 14.7 Å². The summed E-state index contributed by atoms with van der Waals surface area (Å²) in [4.78, 5) is 26.8. The molecule has 1 heterocycles. The average Bonchev–Trinajstić information content (AvgIpc) is 2.38. The molecule has 0 fully saturated rings. The van der Waals surface area contributed by atoms with Crippen LogP contribution >= 0.6 is 0 Å². The molecule has 0 aromatic carbocycles. The van der Waals surface area contributed by atoms with Crippen molar-refractivity contribution in [2.45, 2.75) is 39.3 Å². The van der Waals surface area contributed by atoms with Gasteiger partial charge in [-0.1, -0.05) is 13.8 Å². The summed E-state index contributed by atoms with van der Waals surface area (Å²) in [7, 11) is 0. The molecule has 0 aliphatic heterocycles. The molecular weight excluding hydrogens is 258 g/mol. The SMILES string of the molecule is CC(C)CC(NC(=O)NC(C)c1ccncc1)C(=O)O. The van der Waals surface area contributed by atoms with Gasteiger partial charge in [-0.2, -0.15) is 0 Å². The maximum atomic E-state index is 11.8. The first-order valence-corrected chi connectivity index (χ1v) is 6.60. The fourth-order valence-corrected chi connectivity index (χ4v) is 1.82. The van der Waals surface area contributed by atoms with Crippen LogP contribution in [0.5, 0.6) is 0 Å². The Hall–Kier alpha value is -2.11. The molecule has 2 unspecified atom stereocenters. The minimum atomic E-state index is -1.02. The summed E-state index contributed by atoms with van der Waals surface area (Å²) in [6.45, 7) is 5.65. The lowest BCUT2D eigenvalue weighted by molar-refractivity contribution is -0.139. The third kappa shape index (κ3) is 5.26. The van der Waals surface area contributed by atoms with Crippen molar-refractivity contribution >= 4 is 12.0 Å². The van der Waals surface area contributed by atoms with Gasteiger partial charge in [-0.3, -0.25) is 4.98 Å². The van der Waals surface area contributed by atoms with Crippen LogP contribution in [0.1, 0.15) is 38.8 Å². The number of hydrogen-bond acceptors (Lipinski definition) is 3. The van der Waals surface area contributed by atoms with Gasteiger partial charge in [0.05, 0.1) is 6.04 Å². The van der Waals surface area contributed by atoms with Crippen molar-refractivity contribution in [3.05, 3.63) is 30.1 Å². The zero-order valence-electron chi connectivity index (χ0n) is 12.0. The third-order valence-corrected chi connectivity index (χ3v) is 2.86. The van der Waals surface area contributed by atoms with Crippen LogP contribution < -0.4 is 10.6 Å². The van der Waals surface area contributed by atoms with Crippen LogP contribution in [-0.2, 0) is 4.79 Å². The van der Waals surface area contributed by atoms with Crippen LogP contribution in [0.4, 0.5) is 4.79 Å². The van der Waals surface area contributed by atoms with E-state index in [0.29, 0.717) is 6.42 Å². The van der Waals surface area contributed by atoms with Gasteiger partial charge in [-0.15, -0.1) is 0 Å². The summed E-state index contributed by atoms with van der Waals surface area (Å²) in [5.41, 5.74) is 0.908. The topological polar surface area (TPSA) is 91.3 Å². The molecule has 0 saturated heterocycles. The van der Waals surface area contributed by atoms with Crippen LogP contribution in [0.3, 0.4) is 0 Å². The number of hydrogen-bond donors (Lipinski definition) is 3. The van der Waals surface area contributed by atoms with Crippen molar-refractivity contribution in [2.24, 2.45) is 5.92 Å². The second-order valence-corrected chi connectivity index (χ2v) is 5.14. The number of urea groups is 1. The Kier molecular flexibility index (Phi) is 5.96. The van der Waals surface area contributed by atoms with E-state index in [9.17, 15) is 9.59 Å². The number of nitrogens with one attached hydrogen (secondary N) is 2. The Morgan fingerprint density at radius 1 is 1.20 bits per heavy atom. The number of carboxylic acids is 1. The van der Waals surface area contributed by atoms with Crippen molar-refractivity contribution in [1.29, 1.82) is 0 Å². The van der Waals surface area contributed by atoms with Crippen molar-refractivity contribution in [1.82, 2.24) is 15.6 Å². The summed E-state index contributed by atoms with van der Waals surface area (Å²) >= 11 is 0. The first-order chi connectivity index (χ1) is 9.40. The number of pyridine rings is 1. The Morgan fingerprint density at radius 2 is 1.80 bits per heavy atom. The fraction of sp³-hybridized carbons (Fsp3) is 0.500. The quantitative estimate of drug-likeness (QED) is 0.742. The molecule has 3 N–H and O–H groups in total. The first kappa shape index (κ1) is 15.9. The normalized spacial score (nSPS) is 13.6. The summed E-state index contributed by atoms with van der Waals surface area (Å²) < 4.78 is 0. The maximum Gasteiger partial charge on any atom is 0.326 e. The standard InChI is InChI=1S/C14H21N3O3/c1-9(2)8-12(13(18)19)17-14(20)16-10(3)11-4-6-15-7-5-11/h4-7,9-10,12H,8H2,1-3H3,(H,18,19)(H2,16,17,20). The molecule has 0 bridgehead atoms. The van der Waals surface area contributed by atoms with E-state index in [0.717, 1.165) is 5.56 Å². The number of aromatic nitrogens is 1. The van der Waals surface area contributed by atoms with E-state index in [4.69, 9.17) is 5.11 Å². The molecule has 6 nitrogen and oxygen atoms in total. The van der Waals surface area contributed by atoms with Gasteiger partial charge in [0, 0.05) is 12.4 Å². The molecule has 2 amide bonds. The van der Waals surface area contributed by atoms with E-state index in [-0.39, 0.29) is 12.0 Å². The van der Waals surface area contributed by atoms with Gasteiger partial charge in [0.2, 0.25) is 0 Å². The summed E-state index contributed by atoms with van der Waals surface area (Å²) in [5.74, 6) is -0.834. The van der Waals surface area contributed by atoms with Gasteiger partial charge in [0.25, 0.3) is 0 Å². The molecule has 0 radical (unpaired) electrons. The predicted molar refractivity (Wildman–Crippen MR) is 75.2 cm³/mol. The van der Waals surface area contributed by atoms with Gasteiger partial charge in [0.1, 0.15) is 6.04 Å². The smallest absolute Gasteiger partial charge is 0.326 e. The molecule has 6 heteroatoms. The Morgan fingerprint density at radius 3 is 2.30 bits per heavy atom. The zero-order valence-corrected chi connectivity index (χ0v) is 12.0. The van der Waals surface area contributed by atoms with Crippen molar-refractivity contribution in [3.63, 3.8) is 0 Å². The summed E-state index contributed by atoms with van der Waals surface area (Å²) in [6, 6.07) is 2.02. The second-order valence-electron chi connectivity index (χ2n) is 5.14. The lowest BCUT2D eigenvalue weighted by Gasteiger charge is -2.19. The highest BCUT2D eigenvalue weighted by molar-refractivity contribution is 5.82. The number of aliphatic carboxylic acids is 1. The molecule has 110 valence electrons. The lowest BCUT2D eigenvalue weighted by atomic mass is 10.0. The van der Waals surface area contributed by atoms with Crippen molar-refractivity contribution in [2.75, 3.05) is 0 Å².